The van der Waals surface area contributed by atoms with Crippen LogP contribution in [0, 0.1) is 0 Å². The monoisotopic (exact) mass is 364 g/mol. The number of likely N-dealkylation sites (tertiary alicyclic amines) is 1. The van der Waals surface area contributed by atoms with Gasteiger partial charge in [-0.3, -0.25) is 9.48 Å². The second-order valence-corrected chi connectivity index (χ2v) is 6.39. The number of anilines is 1. The molecule has 0 spiro atoms. The summed E-state index contributed by atoms with van der Waals surface area (Å²) in [5.41, 5.74) is 2.21. The number of carbonyl (C=O) groups excluding carboxylic acids is 1. The molecule has 0 unspecified atom stereocenters. The first-order valence-electron chi connectivity index (χ1n) is 8.65. The number of benzene rings is 1. The molecule has 1 N–H and O–H groups in total. The molecule has 1 saturated heterocycles. The molecular formula is C19H20N6O2. The molecule has 8 heteroatoms. The van der Waals surface area contributed by atoms with Crippen molar-refractivity contribution in [3.8, 4) is 17.0 Å². The molecule has 3 aromatic rings. The molecule has 3 heterocycles. The van der Waals surface area contributed by atoms with E-state index in [9.17, 15) is 4.79 Å². The lowest BCUT2D eigenvalue weighted by molar-refractivity contribution is 0.0613. The van der Waals surface area contributed by atoms with E-state index in [-0.39, 0.29) is 11.9 Å². The average molecular weight is 364 g/mol. The number of hydrogen-bond acceptors (Lipinski definition) is 6. The minimum Gasteiger partial charge on any atom is -0.497 e. The number of amides is 1. The molecule has 8 nitrogen and oxygen atoms in total. The van der Waals surface area contributed by atoms with Gasteiger partial charge in [0.05, 0.1) is 18.8 Å². The number of nitrogens with one attached hydrogen (secondary N) is 1. The van der Waals surface area contributed by atoms with Gasteiger partial charge in [0.1, 0.15) is 11.4 Å². The maximum atomic E-state index is 12.8. The van der Waals surface area contributed by atoms with Crippen molar-refractivity contribution >= 4 is 11.9 Å². The van der Waals surface area contributed by atoms with Crippen LogP contribution >= 0.6 is 0 Å². The Bertz CT molecular complexity index is 950. The lowest BCUT2D eigenvalue weighted by atomic mass is 10.1. The van der Waals surface area contributed by atoms with Crippen molar-refractivity contribution < 1.29 is 9.53 Å². The first-order valence-corrected chi connectivity index (χ1v) is 8.65. The maximum absolute atomic E-state index is 12.8. The van der Waals surface area contributed by atoms with E-state index in [1.165, 1.54) is 0 Å². The van der Waals surface area contributed by atoms with Crippen LogP contribution in [-0.2, 0) is 7.05 Å². The van der Waals surface area contributed by atoms with Crippen LogP contribution in [0.3, 0.4) is 0 Å². The van der Waals surface area contributed by atoms with E-state index in [1.807, 2.05) is 30.3 Å². The molecule has 2 aromatic heterocycles. The van der Waals surface area contributed by atoms with Crippen molar-refractivity contribution in [2.24, 2.45) is 7.05 Å². The Labute approximate surface area is 156 Å². The van der Waals surface area contributed by atoms with E-state index in [0.29, 0.717) is 24.7 Å². The Morgan fingerprint density at radius 2 is 1.96 bits per heavy atom. The van der Waals surface area contributed by atoms with E-state index in [2.05, 4.69) is 20.4 Å². The predicted molar refractivity (Wildman–Crippen MR) is 101 cm³/mol. The van der Waals surface area contributed by atoms with Crippen LogP contribution in [0.15, 0.2) is 48.8 Å². The minimum absolute atomic E-state index is 0.0359. The van der Waals surface area contributed by atoms with Crippen LogP contribution in [-0.4, -0.2) is 56.8 Å². The van der Waals surface area contributed by atoms with Crippen LogP contribution in [0.5, 0.6) is 5.75 Å². The highest BCUT2D eigenvalue weighted by molar-refractivity contribution is 5.94. The van der Waals surface area contributed by atoms with E-state index < -0.39 is 0 Å². The van der Waals surface area contributed by atoms with Gasteiger partial charge in [0.2, 0.25) is 5.95 Å². The molecular weight excluding hydrogens is 344 g/mol. The number of methoxy groups -OCH3 is 1. The summed E-state index contributed by atoms with van der Waals surface area (Å²) < 4.78 is 6.88. The summed E-state index contributed by atoms with van der Waals surface area (Å²) in [6.07, 6.45) is 3.37. The summed E-state index contributed by atoms with van der Waals surface area (Å²) in [4.78, 5) is 22.9. The van der Waals surface area contributed by atoms with Gasteiger partial charge in [0, 0.05) is 38.1 Å². The standard InChI is InChI=1S/C19H20N6O2/c1-24-17(10-16(23-24)13-5-3-6-15(9-13)27-2)18(26)25-11-14(12-25)22-19-20-7-4-8-21-19/h3-10,14H,11-12H2,1-2H3,(H,20,21,22). The Hall–Kier alpha value is -3.42. The number of carbonyl (C=O) groups is 1. The molecule has 0 aliphatic carbocycles. The summed E-state index contributed by atoms with van der Waals surface area (Å²) in [5.74, 6) is 1.30. The lowest BCUT2D eigenvalue weighted by Gasteiger charge is -2.39. The highest BCUT2D eigenvalue weighted by atomic mass is 16.5. The van der Waals surface area contributed by atoms with Gasteiger partial charge >= 0.3 is 0 Å². The van der Waals surface area contributed by atoms with Crippen LogP contribution in [0.4, 0.5) is 5.95 Å². The molecule has 0 saturated carbocycles. The summed E-state index contributed by atoms with van der Waals surface area (Å²) in [7, 11) is 3.41. The zero-order chi connectivity index (χ0) is 18.8. The fourth-order valence-corrected chi connectivity index (χ4v) is 3.04. The van der Waals surface area contributed by atoms with E-state index in [4.69, 9.17) is 4.74 Å². The Balaban J connectivity index is 1.43. The van der Waals surface area contributed by atoms with Gasteiger partial charge in [-0.2, -0.15) is 5.10 Å². The molecule has 0 atom stereocenters. The third-order valence-corrected chi connectivity index (χ3v) is 4.53. The van der Waals surface area contributed by atoms with Crippen LogP contribution in [0.25, 0.3) is 11.3 Å². The molecule has 4 rings (SSSR count). The number of rotatable bonds is 5. The molecule has 1 aliphatic heterocycles. The van der Waals surface area contributed by atoms with Gasteiger partial charge in [0.15, 0.2) is 0 Å². The summed E-state index contributed by atoms with van der Waals surface area (Å²) in [6.45, 7) is 1.22. The lowest BCUT2D eigenvalue weighted by Crippen LogP contribution is -2.57. The van der Waals surface area contributed by atoms with E-state index in [1.54, 1.807) is 42.2 Å². The Kier molecular flexibility index (Phi) is 4.45. The molecule has 0 radical (unpaired) electrons. The predicted octanol–water partition coefficient (Wildman–Crippen LogP) is 1.82. The molecule has 138 valence electrons. The fraction of sp³-hybridized carbons (Fsp3) is 0.263. The molecule has 0 bridgehead atoms. The van der Waals surface area contributed by atoms with Gasteiger partial charge in [-0.25, -0.2) is 9.97 Å². The van der Waals surface area contributed by atoms with Crippen molar-refractivity contribution in [2.45, 2.75) is 6.04 Å². The Morgan fingerprint density at radius 3 is 2.70 bits per heavy atom. The van der Waals surface area contributed by atoms with Gasteiger partial charge in [-0.1, -0.05) is 12.1 Å². The summed E-state index contributed by atoms with van der Waals surface area (Å²) >= 11 is 0. The topological polar surface area (TPSA) is 85.2 Å². The molecule has 1 amide bonds. The van der Waals surface area contributed by atoms with Crippen LogP contribution < -0.4 is 10.1 Å². The largest absolute Gasteiger partial charge is 0.497 e. The van der Waals surface area contributed by atoms with Gasteiger partial charge < -0.3 is 15.0 Å². The van der Waals surface area contributed by atoms with Crippen molar-refractivity contribution in [1.29, 1.82) is 0 Å². The molecule has 1 aromatic carbocycles. The number of aromatic nitrogens is 4. The summed E-state index contributed by atoms with van der Waals surface area (Å²) in [5, 5.41) is 7.70. The quantitative estimate of drug-likeness (QED) is 0.743. The highest BCUT2D eigenvalue weighted by Gasteiger charge is 2.33. The third-order valence-electron chi connectivity index (χ3n) is 4.53. The number of aryl methyl sites for hydroxylation is 1. The van der Waals surface area contributed by atoms with Crippen LogP contribution in [0.1, 0.15) is 10.5 Å². The highest BCUT2D eigenvalue weighted by Crippen LogP contribution is 2.24. The van der Waals surface area contributed by atoms with Crippen molar-refractivity contribution in [1.82, 2.24) is 24.6 Å². The zero-order valence-electron chi connectivity index (χ0n) is 15.2. The molecule has 27 heavy (non-hydrogen) atoms. The fourth-order valence-electron chi connectivity index (χ4n) is 3.04. The maximum Gasteiger partial charge on any atom is 0.272 e. The van der Waals surface area contributed by atoms with Gasteiger partial charge in [-0.15, -0.1) is 0 Å². The van der Waals surface area contributed by atoms with Gasteiger partial charge in [0.25, 0.3) is 5.91 Å². The number of nitrogens with zero attached hydrogens (tertiary/aromatic N) is 5. The number of ether oxygens (including phenoxy) is 1. The summed E-state index contributed by atoms with van der Waals surface area (Å²) in [6, 6.07) is 11.4. The normalized spacial score (nSPS) is 13.9. The second kappa shape index (κ2) is 7.06. The van der Waals surface area contributed by atoms with Gasteiger partial charge in [-0.05, 0) is 24.3 Å². The van der Waals surface area contributed by atoms with Crippen molar-refractivity contribution in [2.75, 3.05) is 25.5 Å². The minimum atomic E-state index is -0.0359. The van der Waals surface area contributed by atoms with E-state index in [0.717, 1.165) is 17.0 Å². The zero-order valence-corrected chi connectivity index (χ0v) is 15.2. The van der Waals surface area contributed by atoms with E-state index >= 15 is 0 Å². The Morgan fingerprint density at radius 1 is 1.19 bits per heavy atom. The average Bonchev–Trinajstić information content (AvgIpc) is 3.06. The van der Waals surface area contributed by atoms with Crippen LogP contribution in [0.2, 0.25) is 0 Å². The third kappa shape index (κ3) is 3.46. The molecule has 1 aliphatic rings. The van der Waals surface area contributed by atoms with Crippen molar-refractivity contribution in [3.63, 3.8) is 0 Å². The smallest absolute Gasteiger partial charge is 0.272 e. The SMILES string of the molecule is COc1cccc(-c2cc(C(=O)N3CC(Nc4ncccn4)C3)n(C)n2)c1. The first-order chi connectivity index (χ1) is 13.1. The molecule has 1 fully saturated rings. The second-order valence-electron chi connectivity index (χ2n) is 6.39. The number of hydrogen-bond donors (Lipinski definition) is 1. The van der Waals surface area contributed by atoms with Crippen molar-refractivity contribution in [3.05, 3.63) is 54.5 Å². The first kappa shape index (κ1) is 17.0.